The van der Waals surface area contributed by atoms with Crippen molar-refractivity contribution in [2.75, 3.05) is 24.5 Å². The number of carbonyl (C=O) groups is 1. The highest BCUT2D eigenvalue weighted by Gasteiger charge is 2.46. The van der Waals surface area contributed by atoms with E-state index in [1.165, 1.54) is 23.1 Å². The molecule has 2 fully saturated rings. The highest BCUT2D eigenvalue weighted by atomic mass is 19.1. The van der Waals surface area contributed by atoms with Gasteiger partial charge in [-0.05, 0) is 38.5 Å². The van der Waals surface area contributed by atoms with Gasteiger partial charge in [0.05, 0.1) is 24.0 Å². The van der Waals surface area contributed by atoms with Crippen molar-refractivity contribution in [2.24, 2.45) is 5.92 Å². The van der Waals surface area contributed by atoms with E-state index in [-0.39, 0.29) is 17.6 Å². The molecule has 4 heterocycles. The van der Waals surface area contributed by atoms with E-state index >= 15 is 0 Å². The highest BCUT2D eigenvalue weighted by molar-refractivity contribution is 5.98. The SMILES string of the molecule is Cc1cc(C)nc(N2CC[C@@H]3CN(C(=O)c4cccc(F)c4-n4ccnn4)[C@@H]3C2)n1. The van der Waals surface area contributed by atoms with E-state index in [2.05, 4.69) is 25.2 Å². The van der Waals surface area contributed by atoms with Crippen molar-refractivity contribution in [3.8, 4) is 5.69 Å². The number of likely N-dealkylation sites (tertiary alicyclic amines) is 1. The molecular formula is C21H22FN7O. The topological polar surface area (TPSA) is 80.0 Å². The Morgan fingerprint density at radius 3 is 2.70 bits per heavy atom. The number of anilines is 1. The summed E-state index contributed by atoms with van der Waals surface area (Å²) in [6.07, 6.45) is 3.97. The zero-order valence-corrected chi connectivity index (χ0v) is 16.9. The number of hydrogen-bond donors (Lipinski definition) is 0. The first-order valence-corrected chi connectivity index (χ1v) is 10.0. The zero-order valence-electron chi connectivity index (χ0n) is 16.9. The van der Waals surface area contributed by atoms with Crippen LogP contribution < -0.4 is 4.90 Å². The smallest absolute Gasteiger partial charge is 0.256 e. The zero-order chi connectivity index (χ0) is 20.8. The van der Waals surface area contributed by atoms with Gasteiger partial charge in [-0.2, -0.15) is 0 Å². The third-order valence-corrected chi connectivity index (χ3v) is 5.94. The van der Waals surface area contributed by atoms with Crippen molar-refractivity contribution in [1.82, 2.24) is 29.9 Å². The number of para-hydroxylation sites is 1. The molecule has 2 saturated heterocycles. The molecule has 2 aromatic heterocycles. The van der Waals surface area contributed by atoms with Crippen LogP contribution in [0.2, 0.25) is 0 Å². The molecule has 0 unspecified atom stereocenters. The molecule has 2 aliphatic rings. The molecule has 30 heavy (non-hydrogen) atoms. The Hall–Kier alpha value is -3.36. The second-order valence-electron chi connectivity index (χ2n) is 7.95. The fraction of sp³-hybridized carbons (Fsp3) is 0.381. The summed E-state index contributed by atoms with van der Waals surface area (Å²) in [7, 11) is 0. The lowest BCUT2D eigenvalue weighted by atomic mass is 9.81. The van der Waals surface area contributed by atoms with Crippen LogP contribution in [-0.2, 0) is 0 Å². The van der Waals surface area contributed by atoms with Gasteiger partial charge in [0.15, 0.2) is 0 Å². The highest BCUT2D eigenvalue weighted by Crippen LogP contribution is 2.35. The number of amides is 1. The Balaban J connectivity index is 1.41. The first-order valence-electron chi connectivity index (χ1n) is 10.0. The summed E-state index contributed by atoms with van der Waals surface area (Å²) < 4.78 is 15.9. The van der Waals surface area contributed by atoms with Crippen LogP contribution in [0.3, 0.4) is 0 Å². The summed E-state index contributed by atoms with van der Waals surface area (Å²) in [4.78, 5) is 26.5. The number of benzene rings is 1. The number of rotatable bonds is 3. The first kappa shape index (κ1) is 18.7. The van der Waals surface area contributed by atoms with E-state index in [1.54, 1.807) is 12.1 Å². The van der Waals surface area contributed by atoms with Crippen LogP contribution in [0.1, 0.15) is 28.2 Å². The fourth-order valence-electron chi connectivity index (χ4n) is 4.46. The van der Waals surface area contributed by atoms with E-state index in [0.717, 1.165) is 24.4 Å². The number of nitrogens with zero attached hydrogens (tertiary/aromatic N) is 7. The van der Waals surface area contributed by atoms with Crippen LogP contribution in [0.5, 0.6) is 0 Å². The number of piperidine rings is 1. The van der Waals surface area contributed by atoms with Crippen molar-refractivity contribution >= 4 is 11.9 Å². The molecule has 0 bridgehead atoms. The number of carbonyl (C=O) groups excluding carboxylic acids is 1. The normalized spacial score (nSPS) is 20.6. The van der Waals surface area contributed by atoms with Crippen molar-refractivity contribution in [3.63, 3.8) is 0 Å². The number of aromatic nitrogens is 5. The maximum Gasteiger partial charge on any atom is 0.256 e. The van der Waals surface area contributed by atoms with Crippen molar-refractivity contribution < 1.29 is 9.18 Å². The number of halogens is 1. The molecule has 0 N–H and O–H groups in total. The van der Waals surface area contributed by atoms with Gasteiger partial charge in [0.25, 0.3) is 5.91 Å². The summed E-state index contributed by atoms with van der Waals surface area (Å²) >= 11 is 0. The predicted molar refractivity (Wildman–Crippen MR) is 108 cm³/mol. The van der Waals surface area contributed by atoms with Gasteiger partial charge in [-0.15, -0.1) is 5.10 Å². The van der Waals surface area contributed by atoms with Gasteiger partial charge < -0.3 is 9.80 Å². The minimum Gasteiger partial charge on any atom is -0.339 e. The molecule has 2 atom stereocenters. The molecule has 3 aromatic rings. The summed E-state index contributed by atoms with van der Waals surface area (Å²) in [6, 6.07) is 6.53. The van der Waals surface area contributed by atoms with E-state index in [4.69, 9.17) is 0 Å². The second-order valence-corrected chi connectivity index (χ2v) is 7.95. The van der Waals surface area contributed by atoms with Gasteiger partial charge in [-0.25, -0.2) is 19.0 Å². The fourth-order valence-corrected chi connectivity index (χ4v) is 4.46. The van der Waals surface area contributed by atoms with Crippen LogP contribution in [0.15, 0.2) is 36.7 Å². The molecule has 0 saturated carbocycles. The number of hydrogen-bond acceptors (Lipinski definition) is 6. The van der Waals surface area contributed by atoms with Crippen LogP contribution >= 0.6 is 0 Å². The molecular weight excluding hydrogens is 385 g/mol. The third kappa shape index (κ3) is 3.10. The lowest BCUT2D eigenvalue weighted by Crippen LogP contribution is -2.66. The van der Waals surface area contributed by atoms with Gasteiger partial charge in [0.2, 0.25) is 5.95 Å². The van der Waals surface area contributed by atoms with Crippen LogP contribution in [0.25, 0.3) is 5.69 Å². The average Bonchev–Trinajstić information content (AvgIpc) is 3.22. The first-order chi connectivity index (χ1) is 14.5. The Kier molecular flexibility index (Phi) is 4.45. The Labute approximate surface area is 173 Å². The molecule has 154 valence electrons. The minimum absolute atomic E-state index is 0.0579. The maximum absolute atomic E-state index is 14.6. The van der Waals surface area contributed by atoms with E-state index < -0.39 is 5.82 Å². The molecule has 9 heteroatoms. The summed E-state index contributed by atoms with van der Waals surface area (Å²) in [6.45, 7) is 6.14. The molecule has 8 nitrogen and oxygen atoms in total. The average molecular weight is 407 g/mol. The van der Waals surface area contributed by atoms with Gasteiger partial charge in [0, 0.05) is 36.9 Å². The molecule has 1 amide bonds. The van der Waals surface area contributed by atoms with Gasteiger partial charge in [-0.3, -0.25) is 4.79 Å². The quantitative estimate of drug-likeness (QED) is 0.662. The largest absolute Gasteiger partial charge is 0.339 e. The van der Waals surface area contributed by atoms with Crippen LogP contribution in [0, 0.1) is 25.6 Å². The monoisotopic (exact) mass is 407 g/mol. The summed E-state index contributed by atoms with van der Waals surface area (Å²) in [5.41, 5.74) is 2.28. The van der Waals surface area contributed by atoms with Crippen LogP contribution in [-0.4, -0.2) is 61.4 Å². The Morgan fingerprint density at radius 2 is 1.97 bits per heavy atom. The number of aryl methyl sites for hydroxylation is 2. The third-order valence-electron chi connectivity index (χ3n) is 5.94. The van der Waals surface area contributed by atoms with Crippen molar-refractivity contribution in [1.29, 1.82) is 0 Å². The van der Waals surface area contributed by atoms with Gasteiger partial charge in [0.1, 0.15) is 11.5 Å². The lowest BCUT2D eigenvalue weighted by molar-refractivity contribution is 0.00763. The maximum atomic E-state index is 14.6. The number of fused-ring (bicyclic) bond motifs is 1. The van der Waals surface area contributed by atoms with E-state index in [9.17, 15) is 9.18 Å². The minimum atomic E-state index is -0.502. The standard InChI is InChI=1S/C21H22FN7O/c1-13-10-14(2)25-21(24-13)27-8-6-15-11-28(18(15)12-27)20(30)16-4-3-5-17(22)19(16)29-9-7-23-26-29/h3-5,7,9-10,15,18H,6,8,11-12H2,1-2H3/t15-,18-/m1/s1. The summed E-state index contributed by atoms with van der Waals surface area (Å²) in [5.74, 6) is 0.459. The van der Waals surface area contributed by atoms with Crippen LogP contribution in [0.4, 0.5) is 10.3 Å². The van der Waals surface area contributed by atoms with Gasteiger partial charge in [-0.1, -0.05) is 11.3 Å². The molecule has 0 aliphatic carbocycles. The molecule has 2 aliphatic heterocycles. The predicted octanol–water partition coefficient (Wildman–Crippen LogP) is 2.16. The Morgan fingerprint density at radius 1 is 1.17 bits per heavy atom. The molecule has 0 radical (unpaired) electrons. The van der Waals surface area contributed by atoms with E-state index in [1.807, 2.05) is 24.8 Å². The van der Waals surface area contributed by atoms with Gasteiger partial charge >= 0.3 is 0 Å². The molecule has 5 rings (SSSR count). The van der Waals surface area contributed by atoms with Crippen molar-refractivity contribution in [3.05, 3.63) is 59.4 Å². The van der Waals surface area contributed by atoms with E-state index in [0.29, 0.717) is 30.5 Å². The molecule has 1 aromatic carbocycles. The van der Waals surface area contributed by atoms with Crippen molar-refractivity contribution in [2.45, 2.75) is 26.3 Å². The summed E-state index contributed by atoms with van der Waals surface area (Å²) in [5, 5.41) is 7.62. The molecule has 0 spiro atoms. The lowest BCUT2D eigenvalue weighted by Gasteiger charge is -2.53. The second kappa shape index (κ2) is 7.16. The Bertz CT molecular complexity index is 1080.